The molecule has 1 unspecified atom stereocenters. The topological polar surface area (TPSA) is 81.5 Å². The number of pyridine rings is 1. The van der Waals surface area contributed by atoms with Crippen LogP contribution in [0.4, 0.5) is 15.0 Å². The summed E-state index contributed by atoms with van der Waals surface area (Å²) < 4.78 is 28.0. The fourth-order valence-corrected chi connectivity index (χ4v) is 4.99. The van der Waals surface area contributed by atoms with E-state index in [0.717, 1.165) is 35.1 Å². The van der Waals surface area contributed by atoms with Gasteiger partial charge in [0.25, 0.3) is 0 Å². The SMILES string of the molecule is COc1cccc(F)c1-c1ccc2nn(C3CCCN(C(=O)OC(C)(C)C)C3)c(NCc3ccncc3)c2c1. The van der Waals surface area contributed by atoms with Crippen LogP contribution >= 0.6 is 0 Å². The van der Waals surface area contributed by atoms with Crippen LogP contribution in [0.15, 0.2) is 60.9 Å². The van der Waals surface area contributed by atoms with Crippen LogP contribution in [0.25, 0.3) is 22.0 Å². The third-order valence-electron chi connectivity index (χ3n) is 6.78. The van der Waals surface area contributed by atoms with Gasteiger partial charge in [-0.3, -0.25) is 4.98 Å². The maximum atomic E-state index is 15.0. The van der Waals surface area contributed by atoms with Gasteiger partial charge in [0, 0.05) is 37.4 Å². The van der Waals surface area contributed by atoms with Crippen LogP contribution in [0.5, 0.6) is 5.75 Å². The van der Waals surface area contributed by atoms with E-state index >= 15 is 0 Å². The van der Waals surface area contributed by atoms with Gasteiger partial charge in [0.15, 0.2) is 0 Å². The second-order valence-corrected chi connectivity index (χ2v) is 10.8. The molecule has 1 N–H and O–H groups in total. The molecule has 0 saturated carbocycles. The summed E-state index contributed by atoms with van der Waals surface area (Å²) in [6, 6.07) is 14.4. The minimum atomic E-state index is -0.564. The molecule has 5 rings (SSSR count). The summed E-state index contributed by atoms with van der Waals surface area (Å²) in [7, 11) is 1.54. The zero-order valence-electron chi connectivity index (χ0n) is 22.8. The third kappa shape index (κ3) is 5.82. The van der Waals surface area contributed by atoms with Gasteiger partial charge in [-0.2, -0.15) is 5.10 Å². The Morgan fingerprint density at radius 3 is 2.69 bits per heavy atom. The number of benzene rings is 2. The molecule has 1 amide bonds. The summed E-state index contributed by atoms with van der Waals surface area (Å²) in [5, 5.41) is 9.38. The number of ether oxygens (including phenoxy) is 2. The number of hydrogen-bond donors (Lipinski definition) is 1. The Bertz CT molecular complexity index is 1460. The van der Waals surface area contributed by atoms with E-state index in [9.17, 15) is 9.18 Å². The Morgan fingerprint density at radius 2 is 1.95 bits per heavy atom. The Kier molecular flexibility index (Phi) is 7.41. The molecule has 1 saturated heterocycles. The molecule has 4 aromatic rings. The van der Waals surface area contributed by atoms with Crippen molar-refractivity contribution in [2.45, 2.75) is 51.8 Å². The van der Waals surface area contributed by atoms with E-state index in [0.29, 0.717) is 36.5 Å². The molecular formula is C30H34FN5O3. The molecular weight excluding hydrogens is 497 g/mol. The van der Waals surface area contributed by atoms with Gasteiger partial charge in [0.1, 0.15) is 23.0 Å². The zero-order valence-corrected chi connectivity index (χ0v) is 22.8. The largest absolute Gasteiger partial charge is 0.496 e. The molecule has 3 heterocycles. The molecule has 0 bridgehead atoms. The van der Waals surface area contributed by atoms with Gasteiger partial charge in [-0.15, -0.1) is 0 Å². The first-order valence-electron chi connectivity index (χ1n) is 13.2. The van der Waals surface area contributed by atoms with Crippen molar-refractivity contribution >= 4 is 22.8 Å². The van der Waals surface area contributed by atoms with Crippen molar-refractivity contribution in [3.63, 3.8) is 0 Å². The van der Waals surface area contributed by atoms with Gasteiger partial charge >= 0.3 is 6.09 Å². The smallest absolute Gasteiger partial charge is 0.410 e. The number of anilines is 1. The van der Waals surface area contributed by atoms with Gasteiger partial charge in [-0.25, -0.2) is 13.9 Å². The lowest BCUT2D eigenvalue weighted by molar-refractivity contribution is 0.0168. The van der Waals surface area contributed by atoms with Crippen molar-refractivity contribution in [2.75, 3.05) is 25.5 Å². The second-order valence-electron chi connectivity index (χ2n) is 10.8. The molecule has 1 aliphatic rings. The number of rotatable bonds is 6. The van der Waals surface area contributed by atoms with E-state index in [1.165, 1.54) is 13.2 Å². The fourth-order valence-electron chi connectivity index (χ4n) is 4.99. The lowest BCUT2D eigenvalue weighted by Crippen LogP contribution is -2.43. The van der Waals surface area contributed by atoms with Crippen molar-refractivity contribution in [2.24, 2.45) is 0 Å². The lowest BCUT2D eigenvalue weighted by Gasteiger charge is -2.34. The predicted molar refractivity (Wildman–Crippen MR) is 149 cm³/mol. The number of hydrogen-bond acceptors (Lipinski definition) is 6. The van der Waals surface area contributed by atoms with Crippen molar-refractivity contribution in [3.8, 4) is 16.9 Å². The third-order valence-corrected chi connectivity index (χ3v) is 6.78. The highest BCUT2D eigenvalue weighted by atomic mass is 19.1. The maximum absolute atomic E-state index is 15.0. The van der Waals surface area contributed by atoms with E-state index in [2.05, 4.69) is 10.3 Å². The Morgan fingerprint density at radius 1 is 1.15 bits per heavy atom. The quantitative estimate of drug-likeness (QED) is 0.309. The average molecular weight is 532 g/mol. The summed E-state index contributed by atoms with van der Waals surface area (Å²) >= 11 is 0. The number of methoxy groups -OCH3 is 1. The number of amides is 1. The molecule has 9 heteroatoms. The number of nitrogens with one attached hydrogen (secondary N) is 1. The van der Waals surface area contributed by atoms with Crippen molar-refractivity contribution in [3.05, 3.63) is 72.3 Å². The van der Waals surface area contributed by atoms with E-state index < -0.39 is 5.60 Å². The summed E-state index contributed by atoms with van der Waals surface area (Å²) in [6.45, 7) is 7.30. The molecule has 0 radical (unpaired) electrons. The Balaban J connectivity index is 1.54. The normalized spacial score (nSPS) is 15.8. The van der Waals surface area contributed by atoms with Crippen LogP contribution in [0.3, 0.4) is 0 Å². The number of aromatic nitrogens is 3. The minimum Gasteiger partial charge on any atom is -0.496 e. The fraction of sp³-hybridized carbons (Fsp3) is 0.367. The first-order chi connectivity index (χ1) is 18.7. The molecule has 1 atom stereocenters. The number of halogens is 1. The molecule has 2 aromatic carbocycles. The zero-order chi connectivity index (χ0) is 27.6. The van der Waals surface area contributed by atoms with Gasteiger partial charge in [-0.1, -0.05) is 12.1 Å². The van der Waals surface area contributed by atoms with Gasteiger partial charge in [-0.05, 0) is 81.1 Å². The van der Waals surface area contributed by atoms with Crippen molar-refractivity contribution in [1.29, 1.82) is 0 Å². The molecule has 0 aliphatic carbocycles. The molecule has 2 aromatic heterocycles. The average Bonchev–Trinajstić information content (AvgIpc) is 3.29. The summed E-state index contributed by atoms with van der Waals surface area (Å²) in [5.41, 5.74) is 2.38. The highest BCUT2D eigenvalue weighted by Crippen LogP contribution is 2.37. The van der Waals surface area contributed by atoms with Crippen LogP contribution in [0.1, 0.15) is 45.2 Å². The predicted octanol–water partition coefficient (Wildman–Crippen LogP) is 6.43. The maximum Gasteiger partial charge on any atom is 0.410 e. The van der Waals surface area contributed by atoms with Crippen LogP contribution in [-0.4, -0.2) is 51.6 Å². The number of nitrogens with zero attached hydrogens (tertiary/aromatic N) is 4. The molecule has 1 fully saturated rings. The number of fused-ring (bicyclic) bond motifs is 1. The van der Waals surface area contributed by atoms with Crippen LogP contribution < -0.4 is 10.1 Å². The van der Waals surface area contributed by atoms with E-state index in [1.54, 1.807) is 29.4 Å². The molecule has 8 nitrogen and oxygen atoms in total. The van der Waals surface area contributed by atoms with Crippen LogP contribution in [0, 0.1) is 5.82 Å². The number of carbonyl (C=O) groups excluding carboxylic acids is 1. The summed E-state index contributed by atoms with van der Waals surface area (Å²) in [5.74, 6) is 0.927. The second kappa shape index (κ2) is 10.9. The van der Waals surface area contributed by atoms with Crippen LogP contribution in [-0.2, 0) is 11.3 Å². The summed E-state index contributed by atoms with van der Waals surface area (Å²) in [4.78, 5) is 18.7. The van der Waals surface area contributed by atoms with E-state index in [-0.39, 0.29) is 18.0 Å². The first-order valence-corrected chi connectivity index (χ1v) is 13.2. The molecule has 204 valence electrons. The van der Waals surface area contributed by atoms with Gasteiger partial charge in [0.05, 0.1) is 24.2 Å². The van der Waals surface area contributed by atoms with E-state index in [1.807, 2.05) is 55.8 Å². The molecule has 39 heavy (non-hydrogen) atoms. The first kappa shape index (κ1) is 26.5. The van der Waals surface area contributed by atoms with E-state index in [4.69, 9.17) is 14.6 Å². The minimum absolute atomic E-state index is 0.0509. The monoisotopic (exact) mass is 531 g/mol. The van der Waals surface area contributed by atoms with Gasteiger partial charge < -0.3 is 19.7 Å². The Hall–Kier alpha value is -4.14. The Labute approximate surface area is 227 Å². The van der Waals surface area contributed by atoms with Gasteiger partial charge in [0.2, 0.25) is 0 Å². The highest BCUT2D eigenvalue weighted by molar-refractivity contribution is 5.94. The van der Waals surface area contributed by atoms with Crippen molar-refractivity contribution in [1.82, 2.24) is 19.7 Å². The lowest BCUT2D eigenvalue weighted by atomic mass is 10.0. The van der Waals surface area contributed by atoms with Crippen molar-refractivity contribution < 1.29 is 18.7 Å². The summed E-state index contributed by atoms with van der Waals surface area (Å²) in [6.07, 6.45) is 4.90. The molecule has 0 spiro atoms. The molecule has 1 aliphatic heterocycles. The van der Waals surface area contributed by atoms with Crippen LogP contribution in [0.2, 0.25) is 0 Å². The number of likely N-dealkylation sites (tertiary alicyclic amines) is 1. The number of carbonyl (C=O) groups is 1. The highest BCUT2D eigenvalue weighted by Gasteiger charge is 2.30. The number of piperidine rings is 1. The standard InChI is InChI=1S/C30H34FN5O3/c1-30(2,3)39-29(37)35-16-6-7-22(19-35)36-28(33-18-20-12-14-32-15-13-20)23-17-21(10-11-25(23)34-36)27-24(31)8-5-9-26(27)38-4/h5,8-15,17,22,33H,6-7,16,18-19H2,1-4H3.